The van der Waals surface area contributed by atoms with Crippen molar-refractivity contribution in [1.82, 2.24) is 19.3 Å². The average Bonchev–Trinajstić information content (AvgIpc) is 3.16. The third-order valence-corrected chi connectivity index (χ3v) is 7.83. The third-order valence-electron chi connectivity index (χ3n) is 5.06. The van der Waals surface area contributed by atoms with Crippen LogP contribution < -0.4 is 9.46 Å². The Morgan fingerprint density at radius 1 is 1.33 bits per heavy atom. The summed E-state index contributed by atoms with van der Waals surface area (Å²) in [4.78, 5) is 5.14. The molecule has 0 atom stereocenters. The summed E-state index contributed by atoms with van der Waals surface area (Å²) in [6, 6.07) is 4.59. The first-order chi connectivity index (χ1) is 14.0. The molecule has 0 radical (unpaired) electrons. The van der Waals surface area contributed by atoms with Crippen molar-refractivity contribution in [3.8, 4) is 17.0 Å². The SMILES string of the molecule is COc1ccc(-c2c(C)nc3sc(C(C)(C)O)nn23)cc1S(=O)(=O)NC1CC(O)C1. The Hall–Kier alpha value is -2.05. The normalized spacial score (nSPS) is 19.8. The van der Waals surface area contributed by atoms with Crippen molar-refractivity contribution in [2.45, 2.75) is 56.3 Å². The lowest BCUT2D eigenvalue weighted by atomic mass is 9.91. The van der Waals surface area contributed by atoms with Gasteiger partial charge in [-0.1, -0.05) is 11.3 Å². The molecule has 1 fully saturated rings. The molecule has 0 saturated heterocycles. The maximum atomic E-state index is 13.0. The topological polar surface area (TPSA) is 126 Å². The first-order valence-electron chi connectivity index (χ1n) is 9.47. The zero-order chi connectivity index (χ0) is 21.8. The monoisotopic (exact) mass is 452 g/mol. The number of benzene rings is 1. The van der Waals surface area contributed by atoms with Crippen LogP contribution in [0.2, 0.25) is 0 Å². The average molecular weight is 453 g/mol. The van der Waals surface area contributed by atoms with Gasteiger partial charge in [-0.15, -0.1) is 0 Å². The lowest BCUT2D eigenvalue weighted by Crippen LogP contribution is -2.46. The van der Waals surface area contributed by atoms with Gasteiger partial charge in [0.05, 0.1) is 24.6 Å². The van der Waals surface area contributed by atoms with E-state index in [9.17, 15) is 18.6 Å². The molecule has 162 valence electrons. The minimum Gasteiger partial charge on any atom is -0.495 e. The van der Waals surface area contributed by atoms with Gasteiger partial charge < -0.3 is 14.9 Å². The van der Waals surface area contributed by atoms with Crippen LogP contribution in [0.1, 0.15) is 37.4 Å². The van der Waals surface area contributed by atoms with E-state index in [0.717, 1.165) is 0 Å². The summed E-state index contributed by atoms with van der Waals surface area (Å²) in [5.41, 5.74) is 0.847. The number of aromatic nitrogens is 3. The molecule has 3 aromatic rings. The third kappa shape index (κ3) is 3.71. The van der Waals surface area contributed by atoms with Crippen molar-refractivity contribution >= 4 is 26.3 Å². The van der Waals surface area contributed by atoms with Gasteiger partial charge in [0, 0.05) is 11.6 Å². The van der Waals surface area contributed by atoms with Crippen molar-refractivity contribution in [3.63, 3.8) is 0 Å². The molecule has 1 aliphatic carbocycles. The van der Waals surface area contributed by atoms with E-state index in [1.54, 1.807) is 30.5 Å². The lowest BCUT2D eigenvalue weighted by Gasteiger charge is -2.31. The van der Waals surface area contributed by atoms with Crippen LogP contribution in [-0.2, 0) is 15.6 Å². The Balaban J connectivity index is 1.80. The van der Waals surface area contributed by atoms with Gasteiger partial charge in [-0.25, -0.2) is 22.6 Å². The molecule has 2 heterocycles. The highest BCUT2D eigenvalue weighted by molar-refractivity contribution is 7.89. The summed E-state index contributed by atoms with van der Waals surface area (Å²) in [5.74, 6) is 0.222. The second kappa shape index (κ2) is 7.27. The summed E-state index contributed by atoms with van der Waals surface area (Å²) < 4.78 is 35.5. The molecule has 0 aliphatic heterocycles. The summed E-state index contributed by atoms with van der Waals surface area (Å²) in [6.07, 6.45) is 0.313. The predicted octanol–water partition coefficient (Wildman–Crippen LogP) is 1.80. The van der Waals surface area contributed by atoms with Crippen molar-refractivity contribution < 1.29 is 23.4 Å². The van der Waals surface area contributed by atoms with Crippen molar-refractivity contribution in [1.29, 1.82) is 0 Å². The molecule has 4 rings (SSSR count). The van der Waals surface area contributed by atoms with Gasteiger partial charge in [-0.2, -0.15) is 5.10 Å². The summed E-state index contributed by atoms with van der Waals surface area (Å²) in [5, 5.41) is 24.7. The van der Waals surface area contributed by atoms with Gasteiger partial charge in [0.1, 0.15) is 21.3 Å². The number of hydrogen-bond acceptors (Lipinski definition) is 8. The molecule has 30 heavy (non-hydrogen) atoms. The van der Waals surface area contributed by atoms with Crippen LogP contribution in [0.25, 0.3) is 16.2 Å². The van der Waals surface area contributed by atoms with Gasteiger partial charge in [0.2, 0.25) is 15.0 Å². The quantitative estimate of drug-likeness (QED) is 0.521. The first-order valence-corrected chi connectivity index (χ1v) is 11.8. The van der Waals surface area contributed by atoms with Crippen LogP contribution >= 0.6 is 11.3 Å². The number of methoxy groups -OCH3 is 1. The number of hydrogen-bond donors (Lipinski definition) is 3. The van der Waals surface area contributed by atoms with Crippen LogP contribution in [0.5, 0.6) is 5.75 Å². The molecule has 0 bridgehead atoms. The van der Waals surface area contributed by atoms with E-state index in [0.29, 0.717) is 39.8 Å². The zero-order valence-electron chi connectivity index (χ0n) is 17.1. The first kappa shape index (κ1) is 21.2. The largest absolute Gasteiger partial charge is 0.495 e. The maximum absolute atomic E-state index is 13.0. The fraction of sp³-hybridized carbons (Fsp3) is 0.474. The van der Waals surface area contributed by atoms with Gasteiger partial charge in [0.15, 0.2) is 0 Å². The van der Waals surface area contributed by atoms with Crippen LogP contribution in [-0.4, -0.2) is 52.5 Å². The number of fused-ring (bicyclic) bond motifs is 1. The molecule has 1 aliphatic rings. The number of aliphatic hydroxyl groups excluding tert-OH is 1. The van der Waals surface area contributed by atoms with Gasteiger partial charge in [0.25, 0.3) is 0 Å². The Labute approximate surface area is 178 Å². The predicted molar refractivity (Wildman–Crippen MR) is 112 cm³/mol. The zero-order valence-corrected chi connectivity index (χ0v) is 18.7. The second-order valence-electron chi connectivity index (χ2n) is 8.02. The van der Waals surface area contributed by atoms with Crippen LogP contribution in [0.15, 0.2) is 23.1 Å². The van der Waals surface area contributed by atoms with Crippen LogP contribution in [0, 0.1) is 6.92 Å². The molecule has 1 aromatic carbocycles. The van der Waals surface area contributed by atoms with Crippen molar-refractivity contribution in [2.75, 3.05) is 7.11 Å². The molecular formula is C19H24N4O5S2. The molecule has 1 saturated carbocycles. The minimum absolute atomic E-state index is 0.0104. The van der Waals surface area contributed by atoms with Gasteiger partial charge >= 0.3 is 0 Å². The van der Waals surface area contributed by atoms with E-state index in [-0.39, 0.29) is 16.7 Å². The molecular weight excluding hydrogens is 428 g/mol. The van der Waals surface area contributed by atoms with Gasteiger partial charge in [-0.3, -0.25) is 0 Å². The number of ether oxygens (including phenoxy) is 1. The summed E-state index contributed by atoms with van der Waals surface area (Å²) in [6.45, 7) is 5.13. The molecule has 0 amide bonds. The number of rotatable bonds is 6. The standard InChI is InChI=1S/C19H24N4O5S2/c1-10-16(23-18(20-10)29-17(21-23)19(2,3)25)11-5-6-14(28-4)15(7-11)30(26,27)22-12-8-13(24)9-12/h5-7,12-13,22,24-25H,8-9H2,1-4H3. The lowest BCUT2D eigenvalue weighted by molar-refractivity contribution is 0.0711. The smallest absolute Gasteiger partial charge is 0.244 e. The van der Waals surface area contributed by atoms with E-state index in [4.69, 9.17) is 4.74 Å². The Morgan fingerprint density at radius 3 is 2.63 bits per heavy atom. The second-order valence-corrected chi connectivity index (χ2v) is 10.7. The van der Waals surface area contributed by atoms with E-state index in [1.807, 2.05) is 6.92 Å². The van der Waals surface area contributed by atoms with Crippen molar-refractivity contribution in [3.05, 3.63) is 28.9 Å². The summed E-state index contributed by atoms with van der Waals surface area (Å²) in [7, 11) is -2.44. The van der Waals surface area contributed by atoms with E-state index in [1.165, 1.54) is 24.5 Å². The highest BCUT2D eigenvalue weighted by Crippen LogP contribution is 2.35. The molecule has 9 nitrogen and oxygen atoms in total. The summed E-state index contributed by atoms with van der Waals surface area (Å²) >= 11 is 1.28. The number of aryl methyl sites for hydroxylation is 1. The molecule has 11 heteroatoms. The number of imidazole rings is 1. The Morgan fingerprint density at radius 2 is 2.03 bits per heavy atom. The van der Waals surface area contributed by atoms with E-state index in [2.05, 4.69) is 14.8 Å². The number of nitrogens with zero attached hydrogens (tertiary/aromatic N) is 3. The number of aliphatic hydroxyl groups is 2. The molecule has 3 N–H and O–H groups in total. The fourth-order valence-corrected chi connectivity index (χ4v) is 5.83. The minimum atomic E-state index is -3.86. The Kier molecular flexibility index (Phi) is 5.14. The number of nitrogens with one attached hydrogen (secondary N) is 1. The molecule has 2 aromatic heterocycles. The maximum Gasteiger partial charge on any atom is 0.244 e. The molecule has 0 unspecified atom stereocenters. The van der Waals surface area contributed by atoms with Crippen LogP contribution in [0.4, 0.5) is 0 Å². The van der Waals surface area contributed by atoms with E-state index >= 15 is 0 Å². The van der Waals surface area contributed by atoms with E-state index < -0.39 is 21.7 Å². The molecule has 0 spiro atoms. The highest BCUT2D eigenvalue weighted by Gasteiger charge is 2.33. The highest BCUT2D eigenvalue weighted by atomic mass is 32.2. The van der Waals surface area contributed by atoms with Crippen LogP contribution in [0.3, 0.4) is 0 Å². The number of sulfonamides is 1. The van der Waals surface area contributed by atoms with Crippen molar-refractivity contribution in [2.24, 2.45) is 0 Å². The van der Waals surface area contributed by atoms with Gasteiger partial charge in [-0.05, 0) is 51.8 Å². The Bertz CT molecular complexity index is 1200. The fourth-order valence-electron chi connectivity index (χ4n) is 3.43.